The molecule has 0 aliphatic carbocycles. The van der Waals surface area contributed by atoms with Crippen LogP contribution >= 0.6 is 0 Å². The second-order valence-corrected chi connectivity index (χ2v) is 22.1. The number of carbonyl (C=O) groups is 4. The number of hydrogen-bond acceptors (Lipinski definition) is 19. The van der Waals surface area contributed by atoms with Crippen molar-refractivity contribution >= 4 is 52.8 Å². The van der Waals surface area contributed by atoms with E-state index in [2.05, 4.69) is 10.0 Å². The summed E-state index contributed by atoms with van der Waals surface area (Å²) in [5.74, 6) is -2.90. The van der Waals surface area contributed by atoms with Gasteiger partial charge in [-0.05, 0) is 45.6 Å². The third-order valence-electron chi connectivity index (χ3n) is 11.2. The number of azide groups is 1. The van der Waals surface area contributed by atoms with Crippen LogP contribution in [0.1, 0.15) is 53.0 Å². The zero-order valence-corrected chi connectivity index (χ0v) is 43.6. The van der Waals surface area contributed by atoms with E-state index < -0.39 is 109 Å². The molecular formula is C45H56N3NaO18SSi. The van der Waals surface area contributed by atoms with Crippen molar-refractivity contribution in [3.63, 3.8) is 0 Å². The second-order valence-electron chi connectivity index (χ2n) is 16.8. The van der Waals surface area contributed by atoms with E-state index in [1.165, 1.54) is 14.0 Å². The van der Waals surface area contributed by atoms with E-state index in [1.54, 1.807) is 24.3 Å². The van der Waals surface area contributed by atoms with Gasteiger partial charge in [0.25, 0.3) is 8.32 Å². The first-order valence-electron chi connectivity index (χ1n) is 21.4. The van der Waals surface area contributed by atoms with Gasteiger partial charge in [0, 0.05) is 25.4 Å². The Bertz CT molecular complexity index is 2300. The summed E-state index contributed by atoms with van der Waals surface area (Å²) < 4.78 is 102. The van der Waals surface area contributed by atoms with Crippen molar-refractivity contribution in [2.45, 2.75) is 120 Å². The van der Waals surface area contributed by atoms with Crippen LogP contribution in [0.15, 0.2) is 90.0 Å². The van der Waals surface area contributed by atoms with Crippen LogP contribution in [0.3, 0.4) is 0 Å². The Hall–Kier alpha value is -4.30. The fraction of sp³-hybridized carbons (Fsp3) is 0.511. The van der Waals surface area contributed by atoms with Crippen LogP contribution in [-0.4, -0.2) is 134 Å². The molecule has 10 atom stereocenters. The Balaban J connectivity index is 0.0000104. The van der Waals surface area contributed by atoms with Gasteiger partial charge >= 0.3 is 47.5 Å². The Morgan fingerprint density at radius 3 is 1.90 bits per heavy atom. The average Bonchev–Trinajstić information content (AvgIpc) is 3.30. The van der Waals surface area contributed by atoms with Crippen molar-refractivity contribution in [2.75, 3.05) is 27.9 Å². The Morgan fingerprint density at radius 2 is 1.41 bits per heavy atom. The van der Waals surface area contributed by atoms with Gasteiger partial charge in [-0.15, -0.1) is 0 Å². The molecule has 2 heterocycles. The first-order chi connectivity index (χ1) is 32.3. The summed E-state index contributed by atoms with van der Waals surface area (Å²) in [6.45, 7) is 7.87. The van der Waals surface area contributed by atoms with Crippen LogP contribution in [0.5, 0.6) is 5.75 Å². The van der Waals surface area contributed by atoms with Gasteiger partial charge in [0.15, 0.2) is 24.8 Å². The molecule has 0 amide bonds. The normalized spacial score (nSPS) is 24.9. The molecule has 2 saturated heterocycles. The van der Waals surface area contributed by atoms with E-state index in [9.17, 15) is 37.7 Å². The number of benzene rings is 3. The molecule has 370 valence electrons. The number of carbonyl (C=O) groups excluding carboxylic acids is 4. The van der Waals surface area contributed by atoms with E-state index in [0.29, 0.717) is 11.3 Å². The van der Waals surface area contributed by atoms with Crippen molar-refractivity contribution in [3.8, 4) is 5.75 Å². The summed E-state index contributed by atoms with van der Waals surface area (Å²) in [5, 5.41) is 5.09. The molecule has 0 saturated carbocycles. The van der Waals surface area contributed by atoms with Crippen LogP contribution in [0.2, 0.25) is 5.04 Å². The third-order valence-corrected chi connectivity index (χ3v) is 16.7. The Kier molecular flexibility index (Phi) is 21.3. The molecule has 1 unspecified atom stereocenters. The van der Waals surface area contributed by atoms with Crippen LogP contribution in [0.25, 0.3) is 10.4 Å². The quantitative estimate of drug-likeness (QED) is 0.0206. The maximum Gasteiger partial charge on any atom is 1.00 e. The van der Waals surface area contributed by atoms with Gasteiger partial charge in [-0.2, -0.15) is 0 Å². The van der Waals surface area contributed by atoms with E-state index in [4.69, 9.17) is 51.2 Å². The largest absolute Gasteiger partial charge is 1.00 e. The van der Waals surface area contributed by atoms with Gasteiger partial charge in [-0.25, -0.2) is 13.2 Å². The van der Waals surface area contributed by atoms with Gasteiger partial charge in [0.05, 0.1) is 33.9 Å². The summed E-state index contributed by atoms with van der Waals surface area (Å²) >= 11 is 0. The number of esters is 3. The number of ketones is 1. The van der Waals surface area contributed by atoms with Crippen LogP contribution in [0.4, 0.5) is 0 Å². The fourth-order valence-corrected chi connectivity index (χ4v) is 13.3. The van der Waals surface area contributed by atoms with Crippen molar-refractivity contribution in [2.24, 2.45) is 5.11 Å². The molecule has 24 heteroatoms. The average molecular weight is 1010 g/mol. The number of Topliss-reactive ketones (excluding diaryl/α,β-unsaturated/α-hetero) is 1. The molecule has 0 N–H and O–H groups in total. The van der Waals surface area contributed by atoms with Crippen molar-refractivity contribution in [1.82, 2.24) is 0 Å². The molecule has 3 aromatic rings. The number of nitrogens with zero attached hydrogens (tertiary/aromatic N) is 3. The molecule has 0 bridgehead atoms. The minimum Gasteiger partial charge on any atom is -0.726 e. The molecule has 2 fully saturated rings. The molecule has 5 rings (SSSR count). The fourth-order valence-electron chi connectivity index (χ4n) is 8.20. The molecule has 3 aromatic carbocycles. The molecule has 69 heavy (non-hydrogen) atoms. The SMILES string of the molecule is COC(=O)C1O[C@H](OC)[C@@H](OC(C)=O)[C@H](OS(=O)(=O)[O-])[C@@H]1O[C@H]1O[C@H](CO[Si](c2ccccc2)(c2ccccc2)C(C)(C)C)[C@H](OCc2ccc(OC)cc2)[C@@H](OC(=O)CCC(C)=O)[C@H]1N=[N+]=[N-].[Na+]. The minimum absolute atomic E-state index is 0. The third kappa shape index (κ3) is 14.6. The first kappa shape index (κ1) is 57.3. The van der Waals surface area contributed by atoms with Gasteiger partial charge in [0.2, 0.25) is 10.4 Å². The van der Waals surface area contributed by atoms with E-state index >= 15 is 0 Å². The smallest absolute Gasteiger partial charge is 0.726 e. The van der Waals surface area contributed by atoms with E-state index in [1.807, 2.05) is 81.4 Å². The van der Waals surface area contributed by atoms with Crippen molar-refractivity contribution in [1.29, 1.82) is 0 Å². The monoisotopic (exact) mass is 1010 g/mol. The first-order valence-corrected chi connectivity index (χ1v) is 24.6. The molecular weight excluding hydrogens is 954 g/mol. The topological polar surface area (TPSA) is 276 Å². The maximum absolute atomic E-state index is 13.7. The molecule has 21 nitrogen and oxygen atoms in total. The predicted octanol–water partition coefficient (Wildman–Crippen LogP) is 0.552. The van der Waals surface area contributed by atoms with Gasteiger partial charge in [0.1, 0.15) is 48.1 Å². The van der Waals surface area contributed by atoms with Gasteiger partial charge in [-0.3, -0.25) is 13.8 Å². The van der Waals surface area contributed by atoms with Crippen molar-refractivity contribution < 1.29 is 113 Å². The Morgan fingerprint density at radius 1 is 0.797 bits per heavy atom. The predicted molar refractivity (Wildman–Crippen MR) is 239 cm³/mol. The zero-order valence-electron chi connectivity index (χ0n) is 39.8. The summed E-state index contributed by atoms with van der Waals surface area (Å²) in [4.78, 5) is 54.7. The maximum atomic E-state index is 13.7. The number of rotatable bonds is 21. The van der Waals surface area contributed by atoms with Crippen molar-refractivity contribution in [3.05, 3.63) is 101 Å². The molecule has 0 radical (unpaired) electrons. The van der Waals surface area contributed by atoms with E-state index in [0.717, 1.165) is 31.5 Å². The molecule has 2 aliphatic heterocycles. The minimum atomic E-state index is -5.71. The summed E-state index contributed by atoms with van der Waals surface area (Å²) in [7, 11) is -5.58. The summed E-state index contributed by atoms with van der Waals surface area (Å²) in [6.07, 6.45) is -16.9. The molecule has 0 spiro atoms. The van der Waals surface area contributed by atoms with Crippen LogP contribution in [0, 0.1) is 0 Å². The van der Waals surface area contributed by atoms with E-state index in [-0.39, 0.29) is 55.0 Å². The van der Waals surface area contributed by atoms with Crippen LogP contribution in [-0.2, 0) is 82.7 Å². The number of ether oxygens (including phenoxy) is 9. The second kappa shape index (κ2) is 25.7. The summed E-state index contributed by atoms with van der Waals surface area (Å²) in [5.41, 5.74) is 10.7. The van der Waals surface area contributed by atoms with Gasteiger partial charge < -0.3 is 56.4 Å². The Labute approximate surface area is 423 Å². The molecule has 2 aliphatic rings. The zero-order chi connectivity index (χ0) is 49.8. The summed E-state index contributed by atoms with van der Waals surface area (Å²) in [6, 6.07) is 24.2. The standard InChI is InChI=1S/C45H57N3O18SSi.Na/c1-27(49)19-24-34(51)63-37-35(47-48-46)43(64-38-39(66-67(53,54)55)41(61-28(2)50)44(58-8)65-40(38)42(52)57-7)62-33(36(37)59-25-29-20-22-30(56-6)23-21-29)26-60-68(45(3,4)5,31-15-11-9-12-16-31)32-17-13-10-14-18-32;/h9-18,20-23,33,35-41,43-44H,19,24-26H2,1-8H3,(H,53,54,55);/q;+1/p-1/t33-,35-,36+,37+,38+,39-,40?,41+,43-,44+;/m1./s1. The number of methoxy groups -OCH3 is 3. The van der Waals surface area contributed by atoms with Crippen LogP contribution < -0.4 is 44.7 Å². The van der Waals surface area contributed by atoms with Gasteiger partial charge in [-0.1, -0.05) is 98.7 Å². The number of hydrogen-bond donors (Lipinski definition) is 0. The molecule has 0 aromatic heterocycles.